The first-order valence-corrected chi connectivity index (χ1v) is 7.02. The molecule has 0 aromatic heterocycles. The molecule has 0 spiro atoms. The van der Waals surface area contributed by atoms with Crippen molar-refractivity contribution >= 4 is 0 Å². The molecule has 0 amide bonds. The van der Waals surface area contributed by atoms with Crippen LogP contribution in [0.3, 0.4) is 0 Å². The molecule has 0 radical (unpaired) electrons. The standard InChI is InChI=1S/C18H20/c1-2-7-15(8-3-1)9-6-10-16-13-17-11-4-5-12-18(17)14-16/h1-5,7-8,11-12,16H,6,9-10,13-14H2. The molecule has 0 aliphatic heterocycles. The van der Waals surface area contributed by atoms with E-state index in [-0.39, 0.29) is 0 Å². The number of fused-ring (bicyclic) bond motifs is 1. The monoisotopic (exact) mass is 236 g/mol. The topological polar surface area (TPSA) is 0 Å². The van der Waals surface area contributed by atoms with Crippen LogP contribution in [0.25, 0.3) is 0 Å². The fraction of sp³-hybridized carbons (Fsp3) is 0.333. The highest BCUT2D eigenvalue weighted by molar-refractivity contribution is 5.32. The zero-order valence-electron chi connectivity index (χ0n) is 10.8. The molecule has 18 heavy (non-hydrogen) atoms. The van der Waals surface area contributed by atoms with Gasteiger partial charge in [0.1, 0.15) is 0 Å². The van der Waals surface area contributed by atoms with Crippen LogP contribution < -0.4 is 0 Å². The number of benzene rings is 2. The third-order valence-electron chi connectivity index (χ3n) is 4.06. The second-order valence-corrected chi connectivity index (χ2v) is 5.42. The Kier molecular flexibility index (Phi) is 3.45. The van der Waals surface area contributed by atoms with E-state index in [2.05, 4.69) is 54.6 Å². The summed E-state index contributed by atoms with van der Waals surface area (Å²) < 4.78 is 0. The summed E-state index contributed by atoms with van der Waals surface area (Å²) in [5, 5.41) is 0. The van der Waals surface area contributed by atoms with E-state index in [0.29, 0.717) is 0 Å². The van der Waals surface area contributed by atoms with Crippen LogP contribution in [0, 0.1) is 5.92 Å². The number of rotatable bonds is 4. The van der Waals surface area contributed by atoms with E-state index in [1.807, 2.05) is 0 Å². The van der Waals surface area contributed by atoms with Gasteiger partial charge in [-0.15, -0.1) is 0 Å². The van der Waals surface area contributed by atoms with Gasteiger partial charge in [0.2, 0.25) is 0 Å². The molecule has 0 bridgehead atoms. The summed E-state index contributed by atoms with van der Waals surface area (Å²) in [7, 11) is 0. The van der Waals surface area contributed by atoms with E-state index in [9.17, 15) is 0 Å². The Morgan fingerprint density at radius 2 is 1.39 bits per heavy atom. The van der Waals surface area contributed by atoms with Crippen LogP contribution in [0.15, 0.2) is 54.6 Å². The quantitative estimate of drug-likeness (QED) is 0.737. The SMILES string of the molecule is c1ccc(CCCC2Cc3ccccc3C2)cc1. The Morgan fingerprint density at radius 1 is 0.778 bits per heavy atom. The minimum atomic E-state index is 0.881. The van der Waals surface area contributed by atoms with Crippen molar-refractivity contribution in [3.63, 3.8) is 0 Å². The Labute approximate surface area is 110 Å². The highest BCUT2D eigenvalue weighted by Crippen LogP contribution is 2.29. The zero-order chi connectivity index (χ0) is 12.2. The number of hydrogen-bond acceptors (Lipinski definition) is 0. The van der Waals surface area contributed by atoms with E-state index in [4.69, 9.17) is 0 Å². The number of hydrogen-bond donors (Lipinski definition) is 0. The van der Waals surface area contributed by atoms with Crippen LogP contribution in [0.4, 0.5) is 0 Å². The Morgan fingerprint density at radius 3 is 2.06 bits per heavy atom. The molecule has 0 fully saturated rings. The summed E-state index contributed by atoms with van der Waals surface area (Å²) >= 11 is 0. The van der Waals surface area contributed by atoms with Crippen LogP contribution >= 0.6 is 0 Å². The molecule has 3 rings (SSSR count). The highest BCUT2D eigenvalue weighted by atomic mass is 14.2. The van der Waals surface area contributed by atoms with Crippen molar-refractivity contribution in [2.75, 3.05) is 0 Å². The van der Waals surface area contributed by atoms with Crippen molar-refractivity contribution < 1.29 is 0 Å². The minimum absolute atomic E-state index is 0.881. The van der Waals surface area contributed by atoms with Crippen LogP contribution in [0.5, 0.6) is 0 Å². The molecule has 2 aromatic carbocycles. The van der Waals surface area contributed by atoms with Gasteiger partial charge in [-0.05, 0) is 54.7 Å². The summed E-state index contributed by atoms with van der Waals surface area (Å²) in [6, 6.07) is 19.8. The van der Waals surface area contributed by atoms with Crippen LogP contribution in [-0.2, 0) is 19.3 Å². The van der Waals surface area contributed by atoms with Gasteiger partial charge in [-0.3, -0.25) is 0 Å². The summed E-state index contributed by atoms with van der Waals surface area (Å²) in [5.41, 5.74) is 4.65. The molecule has 2 aromatic rings. The van der Waals surface area contributed by atoms with Gasteiger partial charge in [-0.1, -0.05) is 54.6 Å². The second-order valence-electron chi connectivity index (χ2n) is 5.42. The van der Waals surface area contributed by atoms with Crippen molar-refractivity contribution in [2.45, 2.75) is 32.1 Å². The molecule has 0 nitrogen and oxygen atoms in total. The number of aryl methyl sites for hydroxylation is 1. The van der Waals surface area contributed by atoms with Crippen molar-refractivity contribution in [1.29, 1.82) is 0 Å². The van der Waals surface area contributed by atoms with Crippen molar-refractivity contribution in [3.8, 4) is 0 Å². The summed E-state index contributed by atoms with van der Waals surface area (Å²) in [5.74, 6) is 0.881. The maximum absolute atomic E-state index is 2.30. The highest BCUT2D eigenvalue weighted by Gasteiger charge is 2.19. The molecule has 0 unspecified atom stereocenters. The average Bonchev–Trinajstić information content (AvgIpc) is 2.82. The van der Waals surface area contributed by atoms with Gasteiger partial charge in [0.05, 0.1) is 0 Å². The van der Waals surface area contributed by atoms with E-state index in [0.717, 1.165) is 5.92 Å². The van der Waals surface area contributed by atoms with Crippen LogP contribution in [-0.4, -0.2) is 0 Å². The predicted molar refractivity (Wildman–Crippen MR) is 76.7 cm³/mol. The average molecular weight is 236 g/mol. The van der Waals surface area contributed by atoms with E-state index in [1.165, 1.54) is 37.7 Å². The molecule has 1 aliphatic carbocycles. The maximum Gasteiger partial charge on any atom is -0.0244 e. The molecule has 1 aliphatic rings. The van der Waals surface area contributed by atoms with Gasteiger partial charge in [0.15, 0.2) is 0 Å². The van der Waals surface area contributed by atoms with Gasteiger partial charge < -0.3 is 0 Å². The van der Waals surface area contributed by atoms with Gasteiger partial charge >= 0.3 is 0 Å². The largest absolute Gasteiger partial charge is 0.0622 e. The van der Waals surface area contributed by atoms with E-state index < -0.39 is 0 Å². The van der Waals surface area contributed by atoms with Crippen LogP contribution in [0.1, 0.15) is 29.5 Å². The first-order valence-electron chi connectivity index (χ1n) is 7.02. The molecule has 92 valence electrons. The minimum Gasteiger partial charge on any atom is -0.0622 e. The lowest BCUT2D eigenvalue weighted by Gasteiger charge is -2.08. The normalized spacial score (nSPS) is 14.7. The molecule has 0 heterocycles. The summed E-state index contributed by atoms with van der Waals surface area (Å²) in [6.07, 6.45) is 6.51. The molecule has 0 N–H and O–H groups in total. The first kappa shape index (κ1) is 11.5. The van der Waals surface area contributed by atoms with E-state index >= 15 is 0 Å². The lowest BCUT2D eigenvalue weighted by Crippen LogP contribution is -2.00. The second kappa shape index (κ2) is 5.39. The fourth-order valence-electron chi connectivity index (χ4n) is 3.09. The van der Waals surface area contributed by atoms with Gasteiger partial charge in [-0.2, -0.15) is 0 Å². The molecule has 0 atom stereocenters. The van der Waals surface area contributed by atoms with Crippen molar-refractivity contribution in [2.24, 2.45) is 5.92 Å². The smallest absolute Gasteiger partial charge is 0.0244 e. The molecular weight excluding hydrogens is 216 g/mol. The maximum atomic E-state index is 2.30. The van der Waals surface area contributed by atoms with Gasteiger partial charge in [-0.25, -0.2) is 0 Å². The third-order valence-corrected chi connectivity index (χ3v) is 4.06. The molecular formula is C18H20. The Hall–Kier alpha value is -1.56. The molecule has 0 saturated heterocycles. The van der Waals surface area contributed by atoms with Gasteiger partial charge in [0, 0.05) is 0 Å². The van der Waals surface area contributed by atoms with Crippen molar-refractivity contribution in [1.82, 2.24) is 0 Å². The Balaban J connectivity index is 1.49. The molecule has 0 heteroatoms. The third kappa shape index (κ3) is 2.64. The zero-order valence-corrected chi connectivity index (χ0v) is 10.8. The Bertz CT molecular complexity index is 473. The lowest BCUT2D eigenvalue weighted by molar-refractivity contribution is 0.493. The van der Waals surface area contributed by atoms with Crippen molar-refractivity contribution in [3.05, 3.63) is 71.3 Å². The predicted octanol–water partition coefficient (Wildman–Crippen LogP) is 4.42. The van der Waals surface area contributed by atoms with Gasteiger partial charge in [0.25, 0.3) is 0 Å². The summed E-state index contributed by atoms with van der Waals surface area (Å²) in [6.45, 7) is 0. The fourth-order valence-corrected chi connectivity index (χ4v) is 3.09. The molecule has 0 saturated carbocycles. The van der Waals surface area contributed by atoms with Crippen LogP contribution in [0.2, 0.25) is 0 Å². The lowest BCUT2D eigenvalue weighted by atomic mass is 9.97. The first-order chi connectivity index (χ1) is 8.92. The van der Waals surface area contributed by atoms with E-state index in [1.54, 1.807) is 11.1 Å². The summed E-state index contributed by atoms with van der Waals surface area (Å²) in [4.78, 5) is 0.